The van der Waals surface area contributed by atoms with Crippen molar-refractivity contribution in [3.63, 3.8) is 0 Å². The summed E-state index contributed by atoms with van der Waals surface area (Å²) in [6.45, 7) is 5.35. The molecule has 0 atom stereocenters. The zero-order valence-corrected chi connectivity index (χ0v) is 14.9. The summed E-state index contributed by atoms with van der Waals surface area (Å²) in [7, 11) is 0. The lowest BCUT2D eigenvalue weighted by atomic mass is 10.0. The van der Waals surface area contributed by atoms with Crippen LogP contribution >= 0.6 is 11.8 Å². The molecule has 1 aliphatic heterocycles. The minimum Gasteiger partial charge on any atom is -0.306 e. The average Bonchev–Trinajstić information content (AvgIpc) is 3.05. The Balaban J connectivity index is 2.17. The van der Waals surface area contributed by atoms with Crippen molar-refractivity contribution < 1.29 is 9.59 Å². The van der Waals surface area contributed by atoms with Crippen molar-refractivity contribution in [2.75, 3.05) is 30.4 Å². The van der Waals surface area contributed by atoms with Crippen LogP contribution in [-0.4, -0.2) is 47.1 Å². The first-order valence-electron chi connectivity index (χ1n) is 8.10. The summed E-state index contributed by atoms with van der Waals surface area (Å²) in [5, 5.41) is 6.16. The molecule has 2 rings (SSSR count). The number of rotatable bonds is 5. The molecule has 0 aromatic heterocycles. The van der Waals surface area contributed by atoms with Gasteiger partial charge in [0, 0.05) is 18.8 Å². The summed E-state index contributed by atoms with van der Waals surface area (Å²) in [6.07, 6.45) is 4.43. The number of hydrogen-bond acceptors (Lipinski definition) is 3. The van der Waals surface area contributed by atoms with Gasteiger partial charge in [0.2, 0.25) is 0 Å². The van der Waals surface area contributed by atoms with Crippen LogP contribution in [0.5, 0.6) is 0 Å². The molecular weight excluding hydrogens is 310 g/mol. The van der Waals surface area contributed by atoms with Crippen LogP contribution in [0.3, 0.4) is 0 Å². The number of carbonyl (C=O) groups excluding carboxylic acids is 2. The Morgan fingerprint density at radius 3 is 2.30 bits per heavy atom. The Kier molecular flexibility index (Phi) is 6.33. The Hall–Kier alpha value is -1.69. The molecule has 0 saturated carbocycles. The highest BCUT2D eigenvalue weighted by atomic mass is 32.2. The van der Waals surface area contributed by atoms with Crippen molar-refractivity contribution in [3.05, 3.63) is 29.3 Å². The quantitative estimate of drug-likeness (QED) is 0.899. The molecule has 0 bridgehead atoms. The number of amides is 3. The zero-order valence-electron chi connectivity index (χ0n) is 14.1. The molecule has 1 aliphatic rings. The van der Waals surface area contributed by atoms with E-state index in [0.717, 1.165) is 36.1 Å². The van der Waals surface area contributed by atoms with E-state index in [1.807, 2.05) is 24.5 Å². The number of aryl methyl sites for hydroxylation is 2. The highest BCUT2D eigenvalue weighted by Crippen LogP contribution is 2.24. The highest BCUT2D eigenvalue weighted by molar-refractivity contribution is 7.99. The fraction of sp³-hybridized carbons (Fsp3) is 0.529. The van der Waals surface area contributed by atoms with Crippen molar-refractivity contribution in [2.24, 2.45) is 0 Å². The van der Waals surface area contributed by atoms with E-state index in [2.05, 4.69) is 19.2 Å². The number of anilines is 1. The van der Waals surface area contributed by atoms with Crippen LogP contribution in [0, 0.1) is 0 Å². The van der Waals surface area contributed by atoms with Gasteiger partial charge in [0.25, 0.3) is 5.91 Å². The lowest BCUT2D eigenvalue weighted by Gasteiger charge is -2.28. The van der Waals surface area contributed by atoms with Crippen LogP contribution in [-0.2, 0) is 17.6 Å². The maximum atomic E-state index is 12.7. The van der Waals surface area contributed by atoms with E-state index in [1.165, 1.54) is 11.8 Å². The number of benzene rings is 1. The van der Waals surface area contributed by atoms with Crippen LogP contribution in [0.25, 0.3) is 0 Å². The summed E-state index contributed by atoms with van der Waals surface area (Å²) < 4.78 is 0. The number of hydrogen-bond donors (Lipinski definition) is 1. The number of hydrazine groups is 1. The third kappa shape index (κ3) is 3.99. The second-order valence-electron chi connectivity index (χ2n) is 5.52. The first-order chi connectivity index (χ1) is 11.1. The molecule has 3 amide bonds. The smallest absolute Gasteiger partial charge is 0.306 e. The lowest BCUT2D eigenvalue weighted by molar-refractivity contribution is -0.136. The molecule has 0 unspecified atom stereocenters. The van der Waals surface area contributed by atoms with Crippen LogP contribution in [0.2, 0.25) is 0 Å². The predicted molar refractivity (Wildman–Crippen MR) is 95.6 cm³/mol. The monoisotopic (exact) mass is 335 g/mol. The number of nitrogens with one attached hydrogen (secondary N) is 1. The van der Waals surface area contributed by atoms with Gasteiger partial charge in [0.05, 0.1) is 5.75 Å². The summed E-state index contributed by atoms with van der Waals surface area (Å²) in [6, 6.07) is 5.88. The van der Waals surface area contributed by atoms with Crippen molar-refractivity contribution in [3.8, 4) is 0 Å². The summed E-state index contributed by atoms with van der Waals surface area (Å²) in [4.78, 5) is 24.8. The van der Waals surface area contributed by atoms with Gasteiger partial charge >= 0.3 is 6.03 Å². The first kappa shape index (κ1) is 17.7. The molecule has 5 nitrogen and oxygen atoms in total. The number of thioether (sulfide) groups is 1. The van der Waals surface area contributed by atoms with Gasteiger partial charge in [-0.25, -0.2) is 14.8 Å². The van der Waals surface area contributed by atoms with Crippen LogP contribution in [0.4, 0.5) is 10.5 Å². The molecule has 1 aromatic rings. The lowest BCUT2D eigenvalue weighted by Crippen LogP contribution is -2.47. The Bertz CT molecular complexity index is 555. The van der Waals surface area contributed by atoms with Gasteiger partial charge in [-0.3, -0.25) is 4.79 Å². The molecule has 1 N–H and O–H groups in total. The molecule has 1 heterocycles. The maximum Gasteiger partial charge on any atom is 0.340 e. The molecule has 6 heteroatoms. The molecular formula is C17H25N3O2S. The SMILES string of the molecule is CCc1cccc(CC)c1NC(=O)N1CCCN1C(=O)CSC. The van der Waals surface area contributed by atoms with Gasteiger partial charge in [-0.15, -0.1) is 0 Å². The predicted octanol–water partition coefficient (Wildman–Crippen LogP) is 3.16. The molecule has 1 fully saturated rings. The molecule has 0 spiro atoms. The number of para-hydroxylation sites is 1. The highest BCUT2D eigenvalue weighted by Gasteiger charge is 2.30. The first-order valence-corrected chi connectivity index (χ1v) is 9.50. The molecule has 0 radical (unpaired) electrons. The number of carbonyl (C=O) groups is 2. The van der Waals surface area contributed by atoms with Crippen LogP contribution < -0.4 is 5.32 Å². The van der Waals surface area contributed by atoms with E-state index in [4.69, 9.17) is 0 Å². The topological polar surface area (TPSA) is 52.7 Å². The van der Waals surface area contributed by atoms with E-state index in [0.29, 0.717) is 18.8 Å². The fourth-order valence-corrected chi connectivity index (χ4v) is 3.25. The van der Waals surface area contributed by atoms with Crippen molar-refractivity contribution in [1.29, 1.82) is 0 Å². The van der Waals surface area contributed by atoms with E-state index in [-0.39, 0.29) is 11.9 Å². The Labute approximate surface area is 142 Å². The number of nitrogens with zero attached hydrogens (tertiary/aromatic N) is 2. The minimum absolute atomic E-state index is 0.00959. The van der Waals surface area contributed by atoms with Crippen molar-refractivity contribution >= 4 is 29.4 Å². The largest absolute Gasteiger partial charge is 0.340 e. The zero-order chi connectivity index (χ0) is 16.8. The molecule has 1 aromatic carbocycles. The summed E-state index contributed by atoms with van der Waals surface area (Å²) in [5.41, 5.74) is 3.14. The van der Waals surface area contributed by atoms with Gasteiger partial charge < -0.3 is 5.32 Å². The molecule has 126 valence electrons. The van der Waals surface area contributed by atoms with E-state index < -0.39 is 0 Å². The van der Waals surface area contributed by atoms with Crippen molar-refractivity contribution in [2.45, 2.75) is 33.1 Å². The fourth-order valence-electron chi connectivity index (χ4n) is 2.85. The minimum atomic E-state index is -0.215. The Morgan fingerprint density at radius 2 is 1.74 bits per heavy atom. The standard InChI is InChI=1S/C17H25N3O2S/c1-4-13-8-6-9-14(5-2)16(13)18-17(22)20-11-7-10-19(20)15(21)12-23-3/h6,8-9H,4-5,7,10-12H2,1-3H3,(H,18,22). The van der Waals surface area contributed by atoms with E-state index >= 15 is 0 Å². The maximum absolute atomic E-state index is 12.7. The van der Waals surface area contributed by atoms with Gasteiger partial charge in [-0.1, -0.05) is 32.0 Å². The average molecular weight is 335 g/mol. The molecule has 23 heavy (non-hydrogen) atoms. The summed E-state index contributed by atoms with van der Waals surface area (Å²) >= 11 is 1.48. The van der Waals surface area contributed by atoms with Crippen molar-refractivity contribution in [1.82, 2.24) is 10.0 Å². The normalized spacial score (nSPS) is 14.2. The third-order valence-corrected chi connectivity index (χ3v) is 4.59. The summed E-state index contributed by atoms with van der Waals surface area (Å²) in [5.74, 6) is 0.389. The second-order valence-corrected chi connectivity index (χ2v) is 6.38. The van der Waals surface area contributed by atoms with E-state index in [1.54, 1.807) is 10.0 Å². The van der Waals surface area contributed by atoms with Crippen LogP contribution in [0.1, 0.15) is 31.4 Å². The second kappa shape index (κ2) is 8.24. The van der Waals surface area contributed by atoms with Gasteiger partial charge in [-0.2, -0.15) is 11.8 Å². The Morgan fingerprint density at radius 1 is 1.13 bits per heavy atom. The van der Waals surface area contributed by atoms with Crippen LogP contribution in [0.15, 0.2) is 18.2 Å². The van der Waals surface area contributed by atoms with Gasteiger partial charge in [0.15, 0.2) is 0 Å². The van der Waals surface area contributed by atoms with E-state index in [9.17, 15) is 9.59 Å². The van der Waals surface area contributed by atoms with Gasteiger partial charge in [-0.05, 0) is 36.6 Å². The molecule has 0 aliphatic carbocycles. The molecule has 1 saturated heterocycles. The van der Waals surface area contributed by atoms with Gasteiger partial charge in [0.1, 0.15) is 0 Å². The number of urea groups is 1. The third-order valence-electron chi connectivity index (χ3n) is 4.05.